The minimum Gasteiger partial charge on any atom is -0.494 e. The Morgan fingerprint density at radius 1 is 0.935 bits per heavy atom. The third-order valence-electron chi connectivity index (χ3n) is 6.34. The molecule has 0 aliphatic heterocycles. The highest BCUT2D eigenvalue weighted by Crippen LogP contribution is 2.37. The molecule has 3 aromatic carbocycles. The molecule has 0 aromatic heterocycles. The molecule has 242 valence electrons. The van der Waals surface area contributed by atoms with Gasteiger partial charge in [-0.15, -0.1) is 5.11 Å². The van der Waals surface area contributed by atoms with E-state index in [9.17, 15) is 27.7 Å². The number of hydrazone groups is 1. The summed E-state index contributed by atoms with van der Waals surface area (Å²) in [5.74, 6) is -0.202. The summed E-state index contributed by atoms with van der Waals surface area (Å²) in [5.41, 5.74) is 4.26. The first kappa shape index (κ1) is 33.7. The Bertz CT molecular complexity index is 1850. The van der Waals surface area contributed by atoms with Crippen molar-refractivity contribution in [1.82, 2.24) is 0 Å². The van der Waals surface area contributed by atoms with Gasteiger partial charge in [0.15, 0.2) is 11.5 Å². The van der Waals surface area contributed by atoms with Crippen molar-refractivity contribution in [2.45, 2.75) is 13.8 Å². The van der Waals surface area contributed by atoms with Crippen LogP contribution in [-0.2, 0) is 14.9 Å². The number of rotatable bonds is 13. The minimum absolute atomic E-state index is 0.00236. The van der Waals surface area contributed by atoms with E-state index in [1.165, 1.54) is 38.3 Å². The predicted octanol–water partition coefficient (Wildman–Crippen LogP) is 4.01. The number of hydrogen-bond donors (Lipinski definition) is 5. The molecule has 0 atom stereocenters. The van der Waals surface area contributed by atoms with E-state index in [1.54, 1.807) is 31.2 Å². The predicted molar refractivity (Wildman–Crippen MR) is 169 cm³/mol. The number of nitrogens with one attached hydrogen (secondary N) is 2. The summed E-state index contributed by atoms with van der Waals surface area (Å²) in [5, 5.41) is 33.3. The zero-order valence-corrected chi connectivity index (χ0v) is 25.8. The summed E-state index contributed by atoms with van der Waals surface area (Å²) in [6, 6.07) is 12.2. The fourth-order valence-electron chi connectivity index (χ4n) is 4.29. The number of azo groups is 1. The van der Waals surface area contributed by atoms with Crippen molar-refractivity contribution in [1.29, 1.82) is 0 Å². The highest BCUT2D eigenvalue weighted by atomic mass is 32.2. The molecule has 1 amide bonds. The number of aliphatic hydroxyl groups excluding tert-OH is 2. The van der Waals surface area contributed by atoms with Gasteiger partial charge in [0.05, 0.1) is 31.7 Å². The van der Waals surface area contributed by atoms with Crippen LogP contribution in [0.4, 0.5) is 22.7 Å². The van der Waals surface area contributed by atoms with Gasteiger partial charge in [-0.05, 0) is 60.5 Å². The highest BCUT2D eigenvalue weighted by Gasteiger charge is 2.33. The lowest BCUT2D eigenvalue weighted by Gasteiger charge is -2.18. The molecule has 1 aliphatic carbocycles. The van der Waals surface area contributed by atoms with Gasteiger partial charge in [0.2, 0.25) is 11.7 Å². The molecule has 0 radical (unpaired) electrons. The summed E-state index contributed by atoms with van der Waals surface area (Å²) in [7, 11) is -3.51. The molecule has 0 bridgehead atoms. The van der Waals surface area contributed by atoms with Crippen LogP contribution in [0.25, 0.3) is 6.08 Å². The van der Waals surface area contributed by atoms with Crippen LogP contribution < -0.4 is 25.0 Å². The van der Waals surface area contributed by atoms with E-state index in [1.807, 2.05) is 0 Å². The van der Waals surface area contributed by atoms with E-state index in [-0.39, 0.29) is 54.9 Å². The van der Waals surface area contributed by atoms with E-state index < -0.39 is 26.5 Å². The van der Waals surface area contributed by atoms with Gasteiger partial charge >= 0.3 is 0 Å². The Hall–Kier alpha value is -5.16. The quantitative estimate of drug-likeness (QED) is 0.101. The lowest BCUT2D eigenvalue weighted by atomic mass is 9.94. The van der Waals surface area contributed by atoms with Crippen LogP contribution in [-0.4, -0.2) is 74.1 Å². The first-order valence-corrected chi connectivity index (χ1v) is 15.1. The molecule has 0 fully saturated rings. The largest absolute Gasteiger partial charge is 0.494 e. The number of fused-ring (bicyclic) bond motifs is 1. The van der Waals surface area contributed by atoms with Crippen molar-refractivity contribution in [2.24, 2.45) is 15.3 Å². The maximum Gasteiger partial charge on any atom is 0.296 e. The number of nitrogens with zero attached hydrogens (tertiary/aromatic N) is 3. The van der Waals surface area contributed by atoms with Crippen LogP contribution in [0.15, 0.2) is 68.8 Å². The number of amides is 1. The van der Waals surface area contributed by atoms with Gasteiger partial charge in [-0.3, -0.25) is 19.6 Å². The van der Waals surface area contributed by atoms with Crippen molar-refractivity contribution >= 4 is 56.3 Å². The molecule has 1 aliphatic rings. The second kappa shape index (κ2) is 14.7. The molecule has 5 N–H and O–H groups in total. The Morgan fingerprint density at radius 2 is 1.65 bits per heavy atom. The summed E-state index contributed by atoms with van der Waals surface area (Å²) in [6.45, 7) is 2.71. The molecule has 46 heavy (non-hydrogen) atoms. The van der Waals surface area contributed by atoms with Crippen LogP contribution in [0.5, 0.6) is 17.2 Å². The number of methoxy groups -OCH3 is 1. The number of aliphatic hydroxyl groups is 2. The van der Waals surface area contributed by atoms with Crippen molar-refractivity contribution in [3.8, 4) is 17.2 Å². The molecule has 15 nitrogen and oxygen atoms in total. The van der Waals surface area contributed by atoms with E-state index in [0.717, 1.165) is 6.08 Å². The molecular weight excluding hydrogens is 622 g/mol. The molecular formula is C30H31N5O10S. The first-order chi connectivity index (χ1) is 21.9. The second-order valence-corrected chi connectivity index (χ2v) is 11.1. The van der Waals surface area contributed by atoms with Gasteiger partial charge in [-0.25, -0.2) is 0 Å². The monoisotopic (exact) mass is 653 g/mol. The molecule has 3 aromatic rings. The second-order valence-electron chi connectivity index (χ2n) is 9.68. The van der Waals surface area contributed by atoms with E-state index in [2.05, 4.69) is 26.1 Å². The van der Waals surface area contributed by atoms with Gasteiger partial charge in [0.25, 0.3) is 10.1 Å². The summed E-state index contributed by atoms with van der Waals surface area (Å²) >= 11 is 0. The Kier molecular flexibility index (Phi) is 10.8. The third kappa shape index (κ3) is 8.10. The number of carbonyl (C=O) groups excluding carboxylic acids is 2. The molecule has 0 heterocycles. The smallest absolute Gasteiger partial charge is 0.296 e. The van der Waals surface area contributed by atoms with Gasteiger partial charge < -0.3 is 29.7 Å². The number of benzene rings is 3. The number of aryl methyl sites for hydroxylation is 1. The maximum absolute atomic E-state index is 13.3. The highest BCUT2D eigenvalue weighted by molar-refractivity contribution is 7.91. The zero-order chi connectivity index (χ0) is 33.4. The maximum atomic E-state index is 13.3. The van der Waals surface area contributed by atoms with Gasteiger partial charge in [-0.2, -0.15) is 18.6 Å². The standard InChI is InChI=1S/C30H31N5O10S/c1-17-12-25(26(43-3)16-24(17)33-32-23-7-5-21(44-10-8-36)15-27(23)45-11-9-37)34-35-29-28(46(40,41)42)14-19-13-20(31-18(2)38)4-6-22(19)30(29)39/h4-7,12-16,34,36-37H,8-11H2,1-3H3,(H,31,38)(H,40,41,42)/b33-32+,35-29-. The van der Waals surface area contributed by atoms with Gasteiger partial charge in [0.1, 0.15) is 35.3 Å². The first-order valence-electron chi connectivity index (χ1n) is 13.7. The average molecular weight is 654 g/mol. The lowest BCUT2D eigenvalue weighted by molar-refractivity contribution is -0.114. The Labute approximate surface area is 264 Å². The number of ketones is 1. The number of anilines is 2. The topological polar surface area (TPSA) is 218 Å². The van der Waals surface area contributed by atoms with Crippen LogP contribution in [0, 0.1) is 6.92 Å². The molecule has 0 unspecified atom stereocenters. The van der Waals surface area contributed by atoms with Crippen LogP contribution in [0.1, 0.15) is 28.4 Å². The van der Waals surface area contributed by atoms with Gasteiger partial charge in [0, 0.05) is 30.3 Å². The van der Waals surface area contributed by atoms with E-state index >= 15 is 0 Å². The number of hydrogen-bond acceptors (Lipinski definition) is 13. The molecule has 16 heteroatoms. The number of allylic oxidation sites excluding steroid dienone is 1. The van der Waals surface area contributed by atoms with Crippen molar-refractivity contribution in [3.05, 3.63) is 70.1 Å². The van der Waals surface area contributed by atoms with Crippen molar-refractivity contribution in [2.75, 3.05) is 44.3 Å². The third-order valence-corrected chi connectivity index (χ3v) is 7.21. The fraction of sp³-hybridized carbons (Fsp3) is 0.233. The molecule has 0 saturated heterocycles. The van der Waals surface area contributed by atoms with E-state index in [0.29, 0.717) is 34.1 Å². The summed E-state index contributed by atoms with van der Waals surface area (Å²) < 4.78 is 50.8. The summed E-state index contributed by atoms with van der Waals surface area (Å²) in [6.07, 6.45) is 1.09. The Balaban J connectivity index is 1.65. The van der Waals surface area contributed by atoms with Crippen LogP contribution >= 0.6 is 0 Å². The number of Topliss-reactive ketones (excluding diaryl/α,β-unsaturated/α-hetero) is 1. The molecule has 4 rings (SSSR count). The molecule has 0 spiro atoms. The molecule has 0 saturated carbocycles. The zero-order valence-electron chi connectivity index (χ0n) is 25.0. The number of ether oxygens (including phenoxy) is 3. The minimum atomic E-state index is -4.89. The normalized spacial score (nSPS) is 13.7. The Morgan fingerprint density at radius 3 is 2.33 bits per heavy atom. The average Bonchev–Trinajstić information content (AvgIpc) is 3.01. The SMILES string of the molecule is COc1cc(/N=N/c2ccc(OCCO)cc2OCCO)c(C)cc1N/N=C1\C(=O)c2ccc(NC(C)=O)cc2C=C1S(=O)(=O)O. The van der Waals surface area contributed by atoms with Crippen LogP contribution in [0.2, 0.25) is 0 Å². The van der Waals surface area contributed by atoms with E-state index in [4.69, 9.17) is 19.3 Å². The summed E-state index contributed by atoms with van der Waals surface area (Å²) in [4.78, 5) is 24.0. The number of carbonyl (C=O) groups is 2. The lowest BCUT2D eigenvalue weighted by Crippen LogP contribution is -2.27. The van der Waals surface area contributed by atoms with Crippen LogP contribution in [0.3, 0.4) is 0 Å². The fourth-order valence-corrected chi connectivity index (χ4v) is 4.95. The van der Waals surface area contributed by atoms with Crippen molar-refractivity contribution < 1.29 is 47.0 Å². The van der Waals surface area contributed by atoms with Gasteiger partial charge in [-0.1, -0.05) is 0 Å². The van der Waals surface area contributed by atoms with Crippen molar-refractivity contribution in [3.63, 3.8) is 0 Å².